The van der Waals surface area contributed by atoms with Gasteiger partial charge in [-0.15, -0.1) is 0 Å². The van der Waals surface area contributed by atoms with Crippen LogP contribution in [0.2, 0.25) is 0 Å². The van der Waals surface area contributed by atoms with Crippen molar-refractivity contribution in [2.45, 2.75) is 18.8 Å². The van der Waals surface area contributed by atoms with Crippen LogP contribution in [-0.2, 0) is 16.6 Å². The van der Waals surface area contributed by atoms with E-state index in [1.54, 1.807) is 6.20 Å². The van der Waals surface area contributed by atoms with Gasteiger partial charge in [0.05, 0.1) is 5.92 Å². The first kappa shape index (κ1) is 12.9. The molecule has 1 aromatic rings. The molecule has 3 fully saturated rings. The lowest BCUT2D eigenvalue weighted by Crippen LogP contribution is -2.38. The van der Waals surface area contributed by atoms with E-state index >= 15 is 0 Å². The molecule has 3 aliphatic rings. The fourth-order valence-corrected chi connectivity index (χ4v) is 4.08. The minimum Gasteiger partial charge on any atom is -0.481 e. The number of carbonyl (C=O) groups excluding carboxylic acids is 1. The maximum atomic E-state index is 12.6. The molecule has 0 unspecified atom stereocenters. The molecule has 1 aliphatic heterocycles. The number of likely N-dealkylation sites (tertiary alicyclic amines) is 1. The molecule has 1 N–H and O–H groups in total. The fourth-order valence-electron chi connectivity index (χ4n) is 4.08. The number of piperidine rings is 1. The van der Waals surface area contributed by atoms with Gasteiger partial charge in [-0.25, -0.2) is 0 Å². The second-order valence-corrected chi connectivity index (χ2v) is 6.59. The van der Waals surface area contributed by atoms with Crippen molar-refractivity contribution < 1.29 is 14.7 Å². The van der Waals surface area contributed by atoms with Crippen LogP contribution in [0.4, 0.5) is 0 Å². The normalized spacial score (nSPS) is 37.0. The summed E-state index contributed by atoms with van der Waals surface area (Å²) in [5.74, 6) is 0.146. The zero-order chi connectivity index (χ0) is 14.7. The lowest BCUT2D eigenvalue weighted by Gasteiger charge is -2.26. The number of carbonyl (C=O) groups is 2. The standard InChI is InChI=1S/C15H19N3O3/c1-17-12(2-4-16-17)9-6-10(9)14(19)18-5-3-8-11(7-18)13(8)15(20)21/h2,4,8-11,13H,3,5-7H2,1H3,(H,20,21)/t8-,9+,10+,11+,13-/m0/s1. The molecule has 2 aliphatic carbocycles. The molecule has 21 heavy (non-hydrogen) atoms. The van der Waals surface area contributed by atoms with Crippen LogP contribution in [0, 0.1) is 23.7 Å². The second-order valence-electron chi connectivity index (χ2n) is 6.59. The third kappa shape index (κ3) is 1.96. The van der Waals surface area contributed by atoms with Gasteiger partial charge in [-0.05, 0) is 30.7 Å². The number of amides is 1. The SMILES string of the molecule is Cn1nccc1[C@@H]1C[C@H]1C(=O)N1CC[C@H]2[C@@H](C1)[C@H]2C(=O)O. The van der Waals surface area contributed by atoms with Crippen molar-refractivity contribution in [2.24, 2.45) is 30.7 Å². The Hall–Kier alpha value is -1.85. The molecular weight excluding hydrogens is 270 g/mol. The maximum absolute atomic E-state index is 12.6. The highest BCUT2D eigenvalue weighted by molar-refractivity contribution is 5.83. The van der Waals surface area contributed by atoms with Gasteiger partial charge < -0.3 is 10.0 Å². The average molecular weight is 289 g/mol. The molecule has 1 saturated heterocycles. The molecule has 0 aromatic carbocycles. The molecule has 6 heteroatoms. The van der Waals surface area contributed by atoms with Crippen LogP contribution in [-0.4, -0.2) is 44.8 Å². The third-order valence-corrected chi connectivity index (χ3v) is 5.44. The van der Waals surface area contributed by atoms with E-state index in [1.807, 2.05) is 22.7 Å². The smallest absolute Gasteiger partial charge is 0.307 e. The lowest BCUT2D eigenvalue weighted by molar-refractivity contribution is -0.139. The molecule has 0 bridgehead atoms. The minimum absolute atomic E-state index is 0.0685. The van der Waals surface area contributed by atoms with E-state index in [2.05, 4.69) is 5.10 Å². The number of aryl methyl sites for hydroxylation is 1. The highest BCUT2D eigenvalue weighted by Gasteiger charge is 2.58. The van der Waals surface area contributed by atoms with Crippen molar-refractivity contribution in [3.05, 3.63) is 18.0 Å². The molecule has 2 saturated carbocycles. The van der Waals surface area contributed by atoms with Gasteiger partial charge >= 0.3 is 5.97 Å². The predicted molar refractivity (Wildman–Crippen MR) is 73.4 cm³/mol. The van der Waals surface area contributed by atoms with Crippen LogP contribution >= 0.6 is 0 Å². The first-order valence-corrected chi connectivity index (χ1v) is 7.57. The number of hydrogen-bond acceptors (Lipinski definition) is 3. The molecule has 1 amide bonds. The molecule has 6 nitrogen and oxygen atoms in total. The number of nitrogens with zero attached hydrogens (tertiary/aromatic N) is 3. The van der Waals surface area contributed by atoms with Crippen molar-refractivity contribution in [3.63, 3.8) is 0 Å². The number of carboxylic acids is 1. The van der Waals surface area contributed by atoms with Gasteiger partial charge in [0.15, 0.2) is 0 Å². The van der Waals surface area contributed by atoms with Crippen LogP contribution in [0.15, 0.2) is 12.3 Å². The summed E-state index contributed by atoms with van der Waals surface area (Å²) in [7, 11) is 1.91. The average Bonchev–Trinajstić information content (AvgIpc) is 3.34. The van der Waals surface area contributed by atoms with E-state index in [0.29, 0.717) is 12.5 Å². The number of rotatable bonds is 3. The Morgan fingerprint density at radius 3 is 2.86 bits per heavy atom. The number of fused-ring (bicyclic) bond motifs is 1. The highest BCUT2D eigenvalue weighted by Crippen LogP contribution is 2.53. The monoisotopic (exact) mass is 289 g/mol. The topological polar surface area (TPSA) is 75.4 Å². The Kier molecular flexibility index (Phi) is 2.65. The van der Waals surface area contributed by atoms with Crippen molar-refractivity contribution in [3.8, 4) is 0 Å². The zero-order valence-electron chi connectivity index (χ0n) is 12.0. The number of carboxylic acid groups (broad SMARTS) is 1. The third-order valence-electron chi connectivity index (χ3n) is 5.44. The molecule has 5 atom stereocenters. The number of hydrogen-bond donors (Lipinski definition) is 1. The van der Waals surface area contributed by atoms with E-state index in [0.717, 1.165) is 25.1 Å². The summed E-state index contributed by atoms with van der Waals surface area (Å²) < 4.78 is 1.84. The van der Waals surface area contributed by atoms with E-state index in [1.165, 1.54) is 0 Å². The zero-order valence-corrected chi connectivity index (χ0v) is 12.0. The number of aromatic nitrogens is 2. The Morgan fingerprint density at radius 1 is 1.38 bits per heavy atom. The van der Waals surface area contributed by atoms with Crippen molar-refractivity contribution in [1.82, 2.24) is 14.7 Å². The first-order valence-electron chi connectivity index (χ1n) is 7.57. The quantitative estimate of drug-likeness (QED) is 0.889. The van der Waals surface area contributed by atoms with Crippen LogP contribution in [0.1, 0.15) is 24.5 Å². The molecule has 0 radical (unpaired) electrons. The van der Waals surface area contributed by atoms with E-state index < -0.39 is 5.97 Å². The van der Waals surface area contributed by atoms with Gasteiger partial charge in [-0.3, -0.25) is 14.3 Å². The van der Waals surface area contributed by atoms with Gasteiger partial charge in [0.1, 0.15) is 0 Å². The Labute approximate surface area is 122 Å². The largest absolute Gasteiger partial charge is 0.481 e. The fraction of sp³-hybridized carbons (Fsp3) is 0.667. The summed E-state index contributed by atoms with van der Waals surface area (Å²) in [6.07, 6.45) is 3.50. The molecule has 2 heterocycles. The molecule has 0 spiro atoms. The van der Waals surface area contributed by atoms with E-state index in [-0.39, 0.29) is 29.6 Å². The molecular formula is C15H19N3O3. The summed E-state index contributed by atoms with van der Waals surface area (Å²) in [6, 6.07) is 1.98. The summed E-state index contributed by atoms with van der Waals surface area (Å²) in [5.41, 5.74) is 1.12. The Balaban J connectivity index is 1.39. The molecule has 1 aromatic heterocycles. The van der Waals surface area contributed by atoms with Gasteiger partial charge in [-0.1, -0.05) is 0 Å². The van der Waals surface area contributed by atoms with E-state index in [9.17, 15) is 9.59 Å². The number of aliphatic carboxylic acids is 1. The van der Waals surface area contributed by atoms with E-state index in [4.69, 9.17) is 5.11 Å². The molecule has 112 valence electrons. The lowest BCUT2D eigenvalue weighted by atomic mass is 10.1. The van der Waals surface area contributed by atoms with Crippen molar-refractivity contribution in [1.29, 1.82) is 0 Å². The minimum atomic E-state index is -0.696. The maximum Gasteiger partial charge on any atom is 0.307 e. The summed E-state index contributed by atoms with van der Waals surface area (Å²) in [4.78, 5) is 25.5. The first-order chi connectivity index (χ1) is 10.1. The highest BCUT2D eigenvalue weighted by atomic mass is 16.4. The van der Waals surface area contributed by atoms with Crippen molar-refractivity contribution in [2.75, 3.05) is 13.1 Å². The van der Waals surface area contributed by atoms with Gasteiger partial charge in [0.2, 0.25) is 5.91 Å². The Morgan fingerprint density at radius 2 is 2.19 bits per heavy atom. The van der Waals surface area contributed by atoms with Crippen LogP contribution in [0.25, 0.3) is 0 Å². The van der Waals surface area contributed by atoms with Crippen LogP contribution in [0.5, 0.6) is 0 Å². The predicted octanol–water partition coefficient (Wildman–Crippen LogP) is 0.703. The van der Waals surface area contributed by atoms with Crippen LogP contribution < -0.4 is 0 Å². The molecule has 4 rings (SSSR count). The van der Waals surface area contributed by atoms with Gasteiger partial charge in [0.25, 0.3) is 0 Å². The van der Waals surface area contributed by atoms with Crippen LogP contribution in [0.3, 0.4) is 0 Å². The second kappa shape index (κ2) is 4.32. The summed E-state index contributed by atoms with van der Waals surface area (Å²) in [6.45, 7) is 1.35. The van der Waals surface area contributed by atoms with Crippen molar-refractivity contribution >= 4 is 11.9 Å². The Bertz CT molecular complexity index is 611. The summed E-state index contributed by atoms with van der Waals surface area (Å²) in [5, 5.41) is 13.3. The van der Waals surface area contributed by atoms with Gasteiger partial charge in [-0.2, -0.15) is 5.10 Å². The van der Waals surface area contributed by atoms with Gasteiger partial charge in [0, 0.05) is 43.9 Å². The summed E-state index contributed by atoms with van der Waals surface area (Å²) >= 11 is 0.